The lowest BCUT2D eigenvalue weighted by atomic mass is 9.98. The predicted octanol–water partition coefficient (Wildman–Crippen LogP) is 4.12. The Bertz CT molecular complexity index is 964. The van der Waals surface area contributed by atoms with E-state index in [1.807, 2.05) is 42.5 Å². The van der Waals surface area contributed by atoms with Gasteiger partial charge in [0.15, 0.2) is 5.69 Å². The first-order chi connectivity index (χ1) is 13.7. The van der Waals surface area contributed by atoms with Gasteiger partial charge in [0.2, 0.25) is 0 Å². The van der Waals surface area contributed by atoms with Crippen LogP contribution in [0.25, 0.3) is 11.1 Å². The van der Waals surface area contributed by atoms with E-state index in [0.717, 1.165) is 21.2 Å². The van der Waals surface area contributed by atoms with Gasteiger partial charge in [-0.05, 0) is 30.7 Å². The van der Waals surface area contributed by atoms with E-state index in [1.54, 1.807) is 13.0 Å². The average molecular weight is 442 g/mol. The number of esters is 1. The lowest BCUT2D eigenvalue weighted by Crippen LogP contribution is -2.12. The van der Waals surface area contributed by atoms with Gasteiger partial charge in [0, 0.05) is 27.7 Å². The third-order valence-electron chi connectivity index (χ3n) is 4.12. The van der Waals surface area contributed by atoms with Gasteiger partial charge >= 0.3 is 5.97 Å². The number of hydrogen-bond acceptors (Lipinski definition) is 6. The second kappa shape index (κ2) is 9.43. The highest BCUT2D eigenvalue weighted by Crippen LogP contribution is 2.38. The van der Waals surface area contributed by atoms with Crippen molar-refractivity contribution in [1.29, 1.82) is 0 Å². The van der Waals surface area contributed by atoms with Crippen molar-refractivity contribution >= 4 is 21.9 Å². The van der Waals surface area contributed by atoms with E-state index in [9.17, 15) is 4.79 Å². The van der Waals surface area contributed by atoms with Crippen LogP contribution in [0.5, 0.6) is 5.75 Å². The van der Waals surface area contributed by atoms with Crippen molar-refractivity contribution in [3.05, 3.63) is 76.0 Å². The molecule has 0 spiro atoms. The van der Waals surface area contributed by atoms with Gasteiger partial charge in [-0.1, -0.05) is 46.3 Å². The largest absolute Gasteiger partial charge is 0.489 e. The molecule has 0 saturated heterocycles. The molecule has 0 fully saturated rings. The standard InChI is InChI=1S/C21H20BrN3O3/c1-2-27-21(26)20-15(10-11-24-25-20)19-16(12-23)18(9-8-17(19)22)28-13-14-6-4-3-5-7-14/h3-11H,2,12-13,23H2,1H3. The number of benzene rings is 2. The van der Waals surface area contributed by atoms with Crippen LogP contribution in [0.15, 0.2) is 59.2 Å². The van der Waals surface area contributed by atoms with Gasteiger partial charge in [0.1, 0.15) is 12.4 Å². The summed E-state index contributed by atoms with van der Waals surface area (Å²) in [5, 5.41) is 7.82. The number of carbonyl (C=O) groups is 1. The van der Waals surface area contributed by atoms with Crippen LogP contribution in [0.4, 0.5) is 0 Å². The van der Waals surface area contributed by atoms with Crippen LogP contribution in [-0.2, 0) is 17.9 Å². The molecule has 0 atom stereocenters. The maximum atomic E-state index is 12.3. The minimum absolute atomic E-state index is 0.139. The predicted molar refractivity (Wildman–Crippen MR) is 110 cm³/mol. The number of nitrogens with zero attached hydrogens (tertiary/aromatic N) is 2. The Hall–Kier alpha value is -2.77. The van der Waals surface area contributed by atoms with E-state index in [4.69, 9.17) is 15.2 Å². The summed E-state index contributed by atoms with van der Waals surface area (Å²) in [6.07, 6.45) is 1.53. The van der Waals surface area contributed by atoms with Crippen LogP contribution >= 0.6 is 15.9 Å². The highest BCUT2D eigenvalue weighted by Gasteiger charge is 2.22. The molecule has 0 bridgehead atoms. The van der Waals surface area contributed by atoms with Crippen LogP contribution in [0.2, 0.25) is 0 Å². The molecule has 0 aliphatic heterocycles. The van der Waals surface area contributed by atoms with Crippen LogP contribution in [0, 0.1) is 0 Å². The van der Waals surface area contributed by atoms with Crippen molar-refractivity contribution in [2.45, 2.75) is 20.1 Å². The maximum Gasteiger partial charge on any atom is 0.359 e. The van der Waals surface area contributed by atoms with Crippen LogP contribution < -0.4 is 10.5 Å². The van der Waals surface area contributed by atoms with Crippen LogP contribution in [0.1, 0.15) is 28.5 Å². The Labute approximate surface area is 171 Å². The molecule has 0 radical (unpaired) electrons. The normalized spacial score (nSPS) is 10.5. The lowest BCUT2D eigenvalue weighted by molar-refractivity contribution is 0.0519. The molecular weight excluding hydrogens is 422 g/mol. The molecule has 28 heavy (non-hydrogen) atoms. The highest BCUT2D eigenvalue weighted by atomic mass is 79.9. The quantitative estimate of drug-likeness (QED) is 0.554. The van der Waals surface area contributed by atoms with Gasteiger partial charge in [-0.3, -0.25) is 0 Å². The van der Waals surface area contributed by atoms with Crippen molar-refractivity contribution in [3.8, 4) is 16.9 Å². The summed E-state index contributed by atoms with van der Waals surface area (Å²) in [6, 6.07) is 15.3. The van der Waals surface area contributed by atoms with Gasteiger partial charge in [0.05, 0.1) is 12.8 Å². The van der Waals surface area contributed by atoms with Crippen LogP contribution in [-0.4, -0.2) is 22.8 Å². The van der Waals surface area contributed by atoms with Gasteiger partial charge in [-0.25, -0.2) is 4.79 Å². The molecule has 6 nitrogen and oxygen atoms in total. The average Bonchev–Trinajstić information content (AvgIpc) is 2.73. The summed E-state index contributed by atoms with van der Waals surface area (Å²) < 4.78 is 11.9. The highest BCUT2D eigenvalue weighted by molar-refractivity contribution is 9.10. The Balaban J connectivity index is 2.03. The summed E-state index contributed by atoms with van der Waals surface area (Å²) in [5.41, 5.74) is 9.34. The van der Waals surface area contributed by atoms with E-state index in [2.05, 4.69) is 26.1 Å². The topological polar surface area (TPSA) is 87.3 Å². The molecule has 2 aromatic carbocycles. The summed E-state index contributed by atoms with van der Waals surface area (Å²) in [6.45, 7) is 2.63. The Morgan fingerprint density at radius 3 is 2.64 bits per heavy atom. The Kier molecular flexibility index (Phi) is 6.73. The lowest BCUT2D eigenvalue weighted by Gasteiger charge is -2.17. The van der Waals surface area contributed by atoms with Crippen molar-refractivity contribution in [2.75, 3.05) is 6.61 Å². The number of nitrogens with two attached hydrogens (primary N) is 1. The number of rotatable bonds is 7. The molecule has 0 saturated carbocycles. The smallest absolute Gasteiger partial charge is 0.359 e. The van der Waals surface area contributed by atoms with Crippen molar-refractivity contribution in [3.63, 3.8) is 0 Å². The molecule has 3 aromatic rings. The number of ether oxygens (including phenoxy) is 2. The van der Waals surface area contributed by atoms with E-state index in [0.29, 0.717) is 17.9 Å². The van der Waals surface area contributed by atoms with Crippen molar-refractivity contribution in [2.24, 2.45) is 5.73 Å². The molecule has 0 unspecified atom stereocenters. The zero-order chi connectivity index (χ0) is 19.9. The van der Waals surface area contributed by atoms with Crippen LogP contribution in [0.3, 0.4) is 0 Å². The minimum Gasteiger partial charge on any atom is -0.489 e. The molecule has 2 N–H and O–H groups in total. The van der Waals surface area contributed by atoms with E-state index in [-0.39, 0.29) is 18.8 Å². The first-order valence-electron chi connectivity index (χ1n) is 8.83. The molecule has 1 heterocycles. The fourth-order valence-corrected chi connectivity index (χ4v) is 3.43. The zero-order valence-corrected chi connectivity index (χ0v) is 17.0. The number of carbonyl (C=O) groups excluding carboxylic acids is 1. The third-order valence-corrected chi connectivity index (χ3v) is 4.78. The second-order valence-electron chi connectivity index (χ2n) is 5.89. The van der Waals surface area contributed by atoms with Crippen molar-refractivity contribution in [1.82, 2.24) is 10.2 Å². The number of halogens is 1. The molecular formula is C21H20BrN3O3. The van der Waals surface area contributed by atoms with Crippen molar-refractivity contribution < 1.29 is 14.3 Å². The summed E-state index contributed by atoms with van der Waals surface area (Å²) in [5.74, 6) is 0.118. The minimum atomic E-state index is -0.531. The SMILES string of the molecule is CCOC(=O)c1nnccc1-c1c(Br)ccc(OCc2ccccc2)c1CN. The fourth-order valence-electron chi connectivity index (χ4n) is 2.85. The molecule has 0 aliphatic rings. The van der Waals surface area contributed by atoms with E-state index >= 15 is 0 Å². The van der Waals surface area contributed by atoms with Gasteiger partial charge in [0.25, 0.3) is 0 Å². The molecule has 7 heteroatoms. The summed E-state index contributed by atoms with van der Waals surface area (Å²) in [7, 11) is 0. The summed E-state index contributed by atoms with van der Waals surface area (Å²) in [4.78, 5) is 12.3. The molecule has 144 valence electrons. The monoisotopic (exact) mass is 441 g/mol. The maximum absolute atomic E-state index is 12.3. The third kappa shape index (κ3) is 4.37. The number of aromatic nitrogens is 2. The Morgan fingerprint density at radius 2 is 1.93 bits per heavy atom. The summed E-state index contributed by atoms with van der Waals surface area (Å²) >= 11 is 3.57. The van der Waals surface area contributed by atoms with Gasteiger partial charge in [-0.15, -0.1) is 5.10 Å². The first kappa shape index (κ1) is 20.0. The van der Waals surface area contributed by atoms with E-state index in [1.165, 1.54) is 6.20 Å². The zero-order valence-electron chi connectivity index (χ0n) is 15.4. The van der Waals surface area contributed by atoms with E-state index < -0.39 is 5.97 Å². The van der Waals surface area contributed by atoms with Gasteiger partial charge in [-0.2, -0.15) is 5.10 Å². The van der Waals surface area contributed by atoms with Gasteiger partial charge < -0.3 is 15.2 Å². The molecule has 1 aromatic heterocycles. The fraction of sp³-hybridized carbons (Fsp3) is 0.190. The Morgan fingerprint density at radius 1 is 1.14 bits per heavy atom. The second-order valence-corrected chi connectivity index (χ2v) is 6.75. The first-order valence-corrected chi connectivity index (χ1v) is 9.62. The molecule has 0 aliphatic carbocycles. The molecule has 3 rings (SSSR count). The molecule has 0 amide bonds. The number of hydrogen-bond donors (Lipinski definition) is 1.